The molecule has 1 saturated heterocycles. The minimum Gasteiger partial charge on any atom is -0.316 e. The molecule has 17 heavy (non-hydrogen) atoms. The monoisotopic (exact) mass is 296 g/mol. The van der Waals surface area contributed by atoms with E-state index in [1.165, 1.54) is 11.3 Å². The van der Waals surface area contributed by atoms with Crippen LogP contribution in [0.5, 0.6) is 0 Å². The molecule has 2 N–H and O–H groups in total. The van der Waals surface area contributed by atoms with E-state index >= 15 is 0 Å². The third-order valence-corrected chi connectivity index (χ3v) is 5.54. The van der Waals surface area contributed by atoms with E-state index < -0.39 is 10.0 Å². The van der Waals surface area contributed by atoms with E-state index in [9.17, 15) is 8.42 Å². The molecule has 1 atom stereocenters. The van der Waals surface area contributed by atoms with Gasteiger partial charge in [-0.05, 0) is 43.3 Å². The zero-order chi connectivity index (χ0) is 11.4. The van der Waals surface area contributed by atoms with Crippen molar-refractivity contribution < 1.29 is 8.42 Å². The van der Waals surface area contributed by atoms with Gasteiger partial charge in [0.15, 0.2) is 0 Å². The number of hydrogen-bond donors (Lipinski definition) is 2. The van der Waals surface area contributed by atoms with Gasteiger partial charge in [-0.25, -0.2) is 13.1 Å². The lowest BCUT2D eigenvalue weighted by atomic mass is 10.0. The van der Waals surface area contributed by atoms with Gasteiger partial charge in [0.1, 0.15) is 4.21 Å². The minimum atomic E-state index is -3.28. The Balaban J connectivity index is 0.00000144. The van der Waals surface area contributed by atoms with Gasteiger partial charge in [0.05, 0.1) is 0 Å². The number of hydrogen-bond acceptors (Lipinski definition) is 4. The van der Waals surface area contributed by atoms with Crippen molar-refractivity contribution in [2.75, 3.05) is 19.6 Å². The number of piperidine rings is 1. The van der Waals surface area contributed by atoms with Gasteiger partial charge in [-0.2, -0.15) is 0 Å². The average molecular weight is 297 g/mol. The molecule has 0 spiro atoms. The van der Waals surface area contributed by atoms with Crippen LogP contribution < -0.4 is 10.0 Å². The van der Waals surface area contributed by atoms with E-state index in [4.69, 9.17) is 0 Å². The van der Waals surface area contributed by atoms with Gasteiger partial charge in [0.25, 0.3) is 0 Å². The molecule has 0 saturated carbocycles. The van der Waals surface area contributed by atoms with Gasteiger partial charge >= 0.3 is 0 Å². The standard InChI is InChI=1S/C10H16N2O2S2.ClH/c13-16(14,10-4-2-6-15-10)12-8-9-3-1-5-11-7-9;/h2,4,6,9,11-12H,1,3,5,7-8H2;1H. The van der Waals surface area contributed by atoms with E-state index in [0.717, 1.165) is 25.9 Å². The predicted molar refractivity (Wildman–Crippen MR) is 72.3 cm³/mol. The Morgan fingerprint density at radius 1 is 1.53 bits per heavy atom. The number of sulfonamides is 1. The summed E-state index contributed by atoms with van der Waals surface area (Å²) in [5.74, 6) is 0.420. The second-order valence-corrected chi connectivity index (χ2v) is 6.94. The Bertz CT molecular complexity index is 414. The first-order valence-electron chi connectivity index (χ1n) is 5.42. The molecule has 1 aliphatic rings. The summed E-state index contributed by atoms with van der Waals surface area (Å²) < 4.78 is 26.7. The third-order valence-electron chi connectivity index (χ3n) is 2.72. The lowest BCUT2D eigenvalue weighted by Gasteiger charge is -2.22. The fraction of sp³-hybridized carbons (Fsp3) is 0.600. The first-order valence-corrected chi connectivity index (χ1v) is 7.78. The minimum absolute atomic E-state index is 0. The van der Waals surface area contributed by atoms with Crippen LogP contribution in [0.15, 0.2) is 21.7 Å². The molecule has 0 bridgehead atoms. The van der Waals surface area contributed by atoms with Crippen molar-refractivity contribution in [3.05, 3.63) is 17.5 Å². The van der Waals surface area contributed by atoms with Gasteiger partial charge in [0.2, 0.25) is 10.0 Å². The highest BCUT2D eigenvalue weighted by molar-refractivity contribution is 7.91. The number of thiophene rings is 1. The largest absolute Gasteiger partial charge is 0.316 e. The molecule has 0 amide bonds. The van der Waals surface area contributed by atoms with Gasteiger partial charge in [-0.15, -0.1) is 23.7 Å². The van der Waals surface area contributed by atoms with Crippen LogP contribution in [0.1, 0.15) is 12.8 Å². The van der Waals surface area contributed by atoms with Crippen molar-refractivity contribution in [2.45, 2.75) is 17.1 Å². The summed E-state index contributed by atoms with van der Waals surface area (Å²) >= 11 is 1.25. The Morgan fingerprint density at radius 3 is 2.94 bits per heavy atom. The topological polar surface area (TPSA) is 58.2 Å². The average Bonchev–Trinajstić information content (AvgIpc) is 2.82. The Labute approximate surface area is 112 Å². The maximum atomic E-state index is 11.8. The van der Waals surface area contributed by atoms with Crippen molar-refractivity contribution in [1.82, 2.24) is 10.0 Å². The molecule has 0 aliphatic carbocycles. The van der Waals surface area contributed by atoms with E-state index in [1.54, 1.807) is 17.5 Å². The molecule has 7 heteroatoms. The maximum Gasteiger partial charge on any atom is 0.250 e. The third kappa shape index (κ3) is 4.22. The van der Waals surface area contributed by atoms with Gasteiger partial charge in [-0.3, -0.25) is 0 Å². The van der Waals surface area contributed by atoms with Crippen molar-refractivity contribution in [3.8, 4) is 0 Å². The van der Waals surface area contributed by atoms with Crippen LogP contribution in [0.3, 0.4) is 0 Å². The number of nitrogens with one attached hydrogen (secondary N) is 2. The summed E-state index contributed by atoms with van der Waals surface area (Å²) in [6.07, 6.45) is 2.23. The van der Waals surface area contributed by atoms with E-state index in [2.05, 4.69) is 10.0 Å². The lowest BCUT2D eigenvalue weighted by Crippen LogP contribution is -2.37. The van der Waals surface area contributed by atoms with Crippen LogP contribution in [0.2, 0.25) is 0 Å². The Kier molecular flexibility index (Phi) is 5.88. The summed E-state index contributed by atoms with van der Waals surface area (Å²) in [5.41, 5.74) is 0. The van der Waals surface area contributed by atoms with E-state index in [1.807, 2.05) is 0 Å². The van der Waals surface area contributed by atoms with Crippen LogP contribution in [0.25, 0.3) is 0 Å². The summed E-state index contributed by atoms with van der Waals surface area (Å²) in [4.78, 5) is 0. The van der Waals surface area contributed by atoms with Crippen LogP contribution in [-0.4, -0.2) is 28.1 Å². The van der Waals surface area contributed by atoms with Crippen LogP contribution in [0.4, 0.5) is 0 Å². The first-order chi connectivity index (χ1) is 7.68. The molecule has 1 fully saturated rings. The van der Waals surface area contributed by atoms with Crippen molar-refractivity contribution >= 4 is 33.8 Å². The van der Waals surface area contributed by atoms with Crippen molar-refractivity contribution in [2.24, 2.45) is 5.92 Å². The summed E-state index contributed by atoms with van der Waals surface area (Å²) in [6.45, 7) is 2.49. The fourth-order valence-electron chi connectivity index (χ4n) is 1.81. The van der Waals surface area contributed by atoms with Gasteiger partial charge in [0, 0.05) is 6.54 Å². The molecule has 1 aromatic rings. The highest BCUT2D eigenvalue weighted by atomic mass is 35.5. The fourth-order valence-corrected chi connectivity index (χ4v) is 3.97. The Morgan fingerprint density at radius 2 is 2.35 bits per heavy atom. The Hall–Kier alpha value is -0.140. The zero-order valence-corrected chi connectivity index (χ0v) is 11.8. The molecule has 2 rings (SSSR count). The summed E-state index contributed by atoms with van der Waals surface area (Å²) in [7, 11) is -3.28. The molecule has 0 aromatic carbocycles. The van der Waals surface area contributed by atoms with Crippen LogP contribution in [0, 0.1) is 5.92 Å². The molecule has 1 aliphatic heterocycles. The molecular formula is C10H17ClN2O2S2. The number of halogens is 1. The molecule has 0 radical (unpaired) electrons. The molecule has 2 heterocycles. The lowest BCUT2D eigenvalue weighted by molar-refractivity contribution is 0.376. The predicted octanol–water partition coefficient (Wildman–Crippen LogP) is 1.45. The maximum absolute atomic E-state index is 11.8. The van der Waals surface area contributed by atoms with Gasteiger partial charge in [-0.1, -0.05) is 6.07 Å². The van der Waals surface area contributed by atoms with Gasteiger partial charge < -0.3 is 5.32 Å². The number of rotatable bonds is 4. The molecule has 1 aromatic heterocycles. The van der Waals surface area contributed by atoms with Crippen LogP contribution in [-0.2, 0) is 10.0 Å². The highest BCUT2D eigenvalue weighted by Gasteiger charge is 2.18. The summed E-state index contributed by atoms with van der Waals surface area (Å²) in [5, 5.41) is 5.05. The second kappa shape index (κ2) is 6.70. The molecule has 4 nitrogen and oxygen atoms in total. The quantitative estimate of drug-likeness (QED) is 0.884. The van der Waals surface area contributed by atoms with Crippen LogP contribution >= 0.6 is 23.7 Å². The SMILES string of the molecule is Cl.O=S(=O)(NCC1CCCNC1)c1cccs1. The highest BCUT2D eigenvalue weighted by Crippen LogP contribution is 2.16. The molecular weight excluding hydrogens is 280 g/mol. The smallest absolute Gasteiger partial charge is 0.250 e. The summed E-state index contributed by atoms with van der Waals surface area (Å²) in [6, 6.07) is 3.38. The normalized spacial score (nSPS) is 20.8. The molecule has 98 valence electrons. The molecule has 1 unspecified atom stereocenters. The van der Waals surface area contributed by atoms with Crippen molar-refractivity contribution in [3.63, 3.8) is 0 Å². The second-order valence-electron chi connectivity index (χ2n) is 4.00. The van der Waals surface area contributed by atoms with E-state index in [-0.39, 0.29) is 12.4 Å². The first kappa shape index (κ1) is 14.9. The zero-order valence-electron chi connectivity index (χ0n) is 9.39. The van der Waals surface area contributed by atoms with E-state index in [0.29, 0.717) is 16.7 Å². The van der Waals surface area contributed by atoms with Crippen molar-refractivity contribution in [1.29, 1.82) is 0 Å².